The van der Waals surface area contributed by atoms with Crippen LogP contribution in [0.1, 0.15) is 35.5 Å². The highest BCUT2D eigenvalue weighted by atomic mass is 35.5. The lowest BCUT2D eigenvalue weighted by Crippen LogP contribution is -2.47. The van der Waals surface area contributed by atoms with Crippen molar-refractivity contribution in [2.45, 2.75) is 31.2 Å². The molecule has 5 nitrogen and oxygen atoms in total. The number of benzene rings is 2. The largest absolute Gasteiger partial charge is 0.425 e. The summed E-state index contributed by atoms with van der Waals surface area (Å²) in [5.74, 6) is -0.962. The molecule has 0 aliphatic carbocycles. The molecular weight excluding hydrogens is 488 g/mol. The smallest absolute Gasteiger partial charge is 0.393 e. The molecule has 0 amide bonds. The number of hydrogen-bond acceptors (Lipinski definition) is 5. The summed E-state index contributed by atoms with van der Waals surface area (Å²) in [6.07, 6.45) is -5.24. The number of pyridine rings is 1. The molecule has 3 N–H and O–H groups in total. The van der Waals surface area contributed by atoms with Crippen molar-refractivity contribution in [1.82, 2.24) is 10.3 Å². The lowest BCUT2D eigenvalue weighted by molar-refractivity contribution is -0.279. The Labute approximate surface area is 204 Å². The molecule has 3 rings (SSSR count). The highest BCUT2D eigenvalue weighted by Crippen LogP contribution is 2.40. The van der Waals surface area contributed by atoms with Crippen molar-refractivity contribution in [2.75, 3.05) is 13.2 Å². The van der Waals surface area contributed by atoms with E-state index in [4.69, 9.17) is 11.6 Å². The number of halogens is 5. The predicted octanol–water partition coefficient (Wildman–Crippen LogP) is 4.99. The van der Waals surface area contributed by atoms with Crippen LogP contribution in [0.3, 0.4) is 0 Å². The third-order valence-electron chi connectivity index (χ3n) is 5.67. The van der Waals surface area contributed by atoms with Gasteiger partial charge in [-0.2, -0.15) is 13.2 Å². The maximum absolute atomic E-state index is 13.7. The lowest BCUT2D eigenvalue weighted by atomic mass is 9.89. The van der Waals surface area contributed by atoms with Crippen molar-refractivity contribution in [3.8, 4) is 11.3 Å². The molecule has 0 fully saturated rings. The Balaban J connectivity index is 2.08. The lowest BCUT2D eigenvalue weighted by Gasteiger charge is -2.32. The van der Waals surface area contributed by atoms with E-state index in [2.05, 4.69) is 10.3 Å². The number of hydrogen-bond donors (Lipinski definition) is 3. The van der Waals surface area contributed by atoms with Gasteiger partial charge in [-0.25, -0.2) is 9.37 Å². The first kappa shape index (κ1) is 26.7. The zero-order chi connectivity index (χ0) is 26.0. The van der Waals surface area contributed by atoms with E-state index in [0.717, 1.165) is 12.1 Å². The van der Waals surface area contributed by atoms with Crippen molar-refractivity contribution in [1.29, 1.82) is 0 Å². The van der Waals surface area contributed by atoms with Crippen LogP contribution in [0.5, 0.6) is 0 Å². The third kappa shape index (κ3) is 5.70. The fourth-order valence-corrected chi connectivity index (χ4v) is 3.53. The normalized spacial score (nSPS) is 14.0. The van der Waals surface area contributed by atoms with Gasteiger partial charge in [-0.3, -0.25) is 4.79 Å². The second-order valence-corrected chi connectivity index (χ2v) is 8.95. The number of rotatable bonds is 8. The summed E-state index contributed by atoms with van der Waals surface area (Å²) >= 11 is 5.84. The second-order valence-electron chi connectivity index (χ2n) is 8.54. The Morgan fingerprint density at radius 1 is 1.06 bits per heavy atom. The molecule has 1 unspecified atom stereocenters. The summed E-state index contributed by atoms with van der Waals surface area (Å²) in [7, 11) is 0. The molecule has 1 atom stereocenters. The van der Waals surface area contributed by atoms with Crippen molar-refractivity contribution < 1.29 is 32.6 Å². The van der Waals surface area contributed by atoms with Gasteiger partial charge in [0, 0.05) is 16.7 Å². The van der Waals surface area contributed by atoms with E-state index in [1.165, 1.54) is 18.2 Å². The summed E-state index contributed by atoms with van der Waals surface area (Å²) < 4.78 is 54.9. The van der Waals surface area contributed by atoms with Gasteiger partial charge >= 0.3 is 6.18 Å². The van der Waals surface area contributed by atoms with E-state index in [1.54, 1.807) is 44.2 Å². The number of nitrogens with zero attached hydrogens (tertiary/aromatic N) is 1. The first-order valence-electron chi connectivity index (χ1n) is 10.5. The van der Waals surface area contributed by atoms with Crippen LogP contribution in [0, 0.1) is 5.82 Å². The number of alkyl halides is 3. The van der Waals surface area contributed by atoms with Crippen LogP contribution < -0.4 is 5.32 Å². The van der Waals surface area contributed by atoms with Crippen molar-refractivity contribution >= 4 is 17.4 Å². The van der Waals surface area contributed by atoms with Crippen LogP contribution in [0.15, 0.2) is 60.7 Å². The van der Waals surface area contributed by atoms with E-state index in [0.29, 0.717) is 5.56 Å². The van der Waals surface area contributed by atoms with Crippen LogP contribution >= 0.6 is 11.6 Å². The molecule has 0 aliphatic heterocycles. The fourth-order valence-electron chi connectivity index (χ4n) is 3.35. The first-order valence-corrected chi connectivity index (χ1v) is 10.9. The molecule has 0 aliphatic rings. The minimum absolute atomic E-state index is 0.0419. The zero-order valence-corrected chi connectivity index (χ0v) is 19.6. The standard InChI is InChI=1S/C25H23ClF4N2O3/c1-23(2,31-13-21(34)15-6-4-3-5-7-15)17-11-20(16-8-9-19(27)18(26)10-16)32-22(12-17)24(35,14-33)25(28,29)30/h3-12,31,33,35H,13-14H2,1-2H3. The number of aliphatic hydroxyl groups excluding tert-OH is 1. The molecule has 35 heavy (non-hydrogen) atoms. The summed E-state index contributed by atoms with van der Waals surface area (Å²) in [4.78, 5) is 16.5. The molecule has 1 heterocycles. The first-order chi connectivity index (χ1) is 16.3. The van der Waals surface area contributed by atoms with Gasteiger partial charge in [-0.05, 0) is 49.7 Å². The van der Waals surface area contributed by atoms with Crippen LogP contribution in [0.2, 0.25) is 5.02 Å². The van der Waals surface area contributed by atoms with Crippen molar-refractivity contribution in [3.05, 3.63) is 88.3 Å². The van der Waals surface area contributed by atoms with Crippen molar-refractivity contribution in [3.63, 3.8) is 0 Å². The molecular formula is C25H23ClF4N2O3. The molecule has 0 bridgehead atoms. The summed E-state index contributed by atoms with van der Waals surface area (Å²) in [5, 5.41) is 22.6. The van der Waals surface area contributed by atoms with Gasteiger partial charge in [0.1, 0.15) is 5.82 Å². The summed E-state index contributed by atoms with van der Waals surface area (Å²) in [5.41, 5.74) is -4.75. The summed E-state index contributed by atoms with van der Waals surface area (Å²) in [6.45, 7) is 1.47. The SMILES string of the molecule is CC(C)(NCC(=O)c1ccccc1)c1cc(-c2ccc(F)c(Cl)c2)nc(C(O)(CO)C(F)(F)F)c1. The highest BCUT2D eigenvalue weighted by Gasteiger charge is 2.56. The molecule has 1 aromatic heterocycles. The molecule has 10 heteroatoms. The summed E-state index contributed by atoms with van der Waals surface area (Å²) in [6, 6.07) is 14.4. The quantitative estimate of drug-likeness (QED) is 0.294. The minimum atomic E-state index is -5.24. The van der Waals surface area contributed by atoms with Gasteiger partial charge in [0.25, 0.3) is 0 Å². The van der Waals surface area contributed by atoms with Crippen molar-refractivity contribution in [2.24, 2.45) is 0 Å². The van der Waals surface area contributed by atoms with Gasteiger partial charge in [-0.15, -0.1) is 0 Å². The third-order valence-corrected chi connectivity index (χ3v) is 5.96. The Morgan fingerprint density at radius 3 is 2.29 bits per heavy atom. The fraction of sp³-hybridized carbons (Fsp3) is 0.280. The van der Waals surface area contributed by atoms with Crippen LogP contribution in [0.4, 0.5) is 17.6 Å². The molecule has 3 aromatic rings. The molecule has 186 valence electrons. The number of Topliss-reactive ketones (excluding diaryl/α,β-unsaturated/α-hetero) is 1. The van der Waals surface area contributed by atoms with Crippen LogP contribution in [0.25, 0.3) is 11.3 Å². The average molecular weight is 511 g/mol. The molecule has 0 saturated carbocycles. The second kappa shape index (κ2) is 10.0. The number of nitrogens with one attached hydrogen (secondary N) is 1. The molecule has 0 radical (unpaired) electrons. The van der Waals surface area contributed by atoms with Gasteiger partial charge in [0.2, 0.25) is 5.60 Å². The number of aromatic nitrogens is 1. The van der Waals surface area contributed by atoms with Gasteiger partial charge in [0.05, 0.1) is 29.6 Å². The van der Waals surface area contributed by atoms with Gasteiger partial charge < -0.3 is 15.5 Å². The number of ketones is 1. The van der Waals surface area contributed by atoms with E-state index in [1.807, 2.05) is 0 Å². The van der Waals surface area contributed by atoms with Gasteiger partial charge in [-0.1, -0.05) is 41.9 Å². The predicted molar refractivity (Wildman–Crippen MR) is 123 cm³/mol. The molecule has 2 aromatic carbocycles. The Bertz CT molecular complexity index is 1220. The van der Waals surface area contributed by atoms with E-state index >= 15 is 0 Å². The maximum Gasteiger partial charge on any atom is 0.425 e. The van der Waals surface area contributed by atoms with Gasteiger partial charge in [0.15, 0.2) is 5.78 Å². The topological polar surface area (TPSA) is 82.5 Å². The molecule has 0 spiro atoms. The van der Waals surface area contributed by atoms with Crippen LogP contribution in [-0.4, -0.2) is 40.3 Å². The monoisotopic (exact) mass is 510 g/mol. The van der Waals surface area contributed by atoms with E-state index < -0.39 is 35.4 Å². The average Bonchev–Trinajstić information content (AvgIpc) is 2.83. The minimum Gasteiger partial charge on any atom is -0.393 e. The zero-order valence-electron chi connectivity index (χ0n) is 18.8. The van der Waals surface area contributed by atoms with E-state index in [9.17, 15) is 32.6 Å². The number of carbonyl (C=O) groups is 1. The number of carbonyl (C=O) groups excluding carboxylic acids is 1. The number of aliphatic hydroxyl groups is 2. The maximum atomic E-state index is 13.7. The Kier molecular flexibility index (Phi) is 7.66. The highest BCUT2D eigenvalue weighted by molar-refractivity contribution is 6.31. The Morgan fingerprint density at radius 2 is 1.71 bits per heavy atom. The van der Waals surface area contributed by atoms with Crippen LogP contribution in [-0.2, 0) is 11.1 Å². The molecule has 0 saturated heterocycles. The van der Waals surface area contributed by atoms with E-state index in [-0.39, 0.29) is 34.2 Å². The Hall–Kier alpha value is -2.85.